The van der Waals surface area contributed by atoms with E-state index in [9.17, 15) is 9.18 Å². The topological polar surface area (TPSA) is 55.1 Å². The first kappa shape index (κ1) is 19.0. The summed E-state index contributed by atoms with van der Waals surface area (Å²) in [5.74, 6) is 0.0915. The monoisotopic (exact) mass is 404 g/mol. The van der Waals surface area contributed by atoms with Crippen molar-refractivity contribution in [2.24, 2.45) is 0 Å². The van der Waals surface area contributed by atoms with E-state index in [-0.39, 0.29) is 11.7 Å². The van der Waals surface area contributed by atoms with E-state index < -0.39 is 5.82 Å². The molecule has 1 heterocycles. The van der Waals surface area contributed by atoms with Crippen LogP contribution in [0.15, 0.2) is 94.6 Å². The molecule has 0 aliphatic heterocycles. The Hall–Kier alpha value is -3.38. The predicted molar refractivity (Wildman–Crippen MR) is 113 cm³/mol. The maximum absolute atomic E-state index is 13.3. The first-order valence-corrected chi connectivity index (χ1v) is 9.97. The summed E-state index contributed by atoms with van der Waals surface area (Å²) in [5.41, 5.74) is 2.99. The molecule has 1 N–H and O–H groups in total. The summed E-state index contributed by atoms with van der Waals surface area (Å²) in [7, 11) is 0. The maximum atomic E-state index is 13.3. The number of anilines is 1. The Morgan fingerprint density at radius 3 is 2.31 bits per heavy atom. The van der Waals surface area contributed by atoms with E-state index in [1.807, 2.05) is 60.7 Å². The first-order chi connectivity index (χ1) is 14.2. The number of thioether (sulfide) groups is 1. The van der Waals surface area contributed by atoms with E-state index in [2.05, 4.69) is 10.3 Å². The van der Waals surface area contributed by atoms with Crippen molar-refractivity contribution in [3.63, 3.8) is 0 Å². The minimum Gasteiger partial charge on any atom is -0.431 e. The zero-order chi connectivity index (χ0) is 20.1. The highest BCUT2D eigenvalue weighted by atomic mass is 32.2. The van der Waals surface area contributed by atoms with Crippen molar-refractivity contribution in [2.75, 3.05) is 11.1 Å². The third-order valence-corrected chi connectivity index (χ3v) is 4.95. The normalized spacial score (nSPS) is 10.7. The van der Waals surface area contributed by atoms with Gasteiger partial charge in [-0.05, 0) is 18.2 Å². The van der Waals surface area contributed by atoms with Crippen molar-refractivity contribution in [1.82, 2.24) is 4.98 Å². The fourth-order valence-corrected chi connectivity index (χ4v) is 3.45. The number of amides is 1. The molecular formula is C23H17FN2O2S. The number of aromatic nitrogens is 1. The van der Waals surface area contributed by atoms with Gasteiger partial charge in [-0.15, -0.1) is 0 Å². The summed E-state index contributed by atoms with van der Waals surface area (Å²) in [6.07, 6.45) is 0. The van der Waals surface area contributed by atoms with Crippen LogP contribution in [-0.4, -0.2) is 16.6 Å². The second-order valence-electron chi connectivity index (χ2n) is 6.24. The largest absolute Gasteiger partial charge is 0.431 e. The average Bonchev–Trinajstić information content (AvgIpc) is 3.18. The van der Waals surface area contributed by atoms with Gasteiger partial charge in [0, 0.05) is 16.8 Å². The van der Waals surface area contributed by atoms with E-state index >= 15 is 0 Å². The van der Waals surface area contributed by atoms with Crippen molar-refractivity contribution in [3.05, 3.63) is 90.7 Å². The minimum atomic E-state index is -0.400. The number of nitrogens with one attached hydrogen (secondary N) is 1. The molecule has 0 unspecified atom stereocenters. The molecule has 6 heteroatoms. The van der Waals surface area contributed by atoms with Crippen molar-refractivity contribution in [2.45, 2.75) is 5.22 Å². The van der Waals surface area contributed by atoms with Crippen molar-refractivity contribution < 1.29 is 13.6 Å². The lowest BCUT2D eigenvalue weighted by Gasteiger charge is -2.03. The molecule has 4 rings (SSSR count). The molecule has 0 fully saturated rings. The number of hydrogen-bond donors (Lipinski definition) is 1. The summed E-state index contributed by atoms with van der Waals surface area (Å²) in [4.78, 5) is 16.8. The van der Waals surface area contributed by atoms with E-state index in [0.29, 0.717) is 16.7 Å². The Bertz CT molecular complexity index is 1060. The lowest BCUT2D eigenvalue weighted by Crippen LogP contribution is -2.14. The summed E-state index contributed by atoms with van der Waals surface area (Å²) >= 11 is 1.19. The molecule has 144 valence electrons. The number of hydrogen-bond acceptors (Lipinski definition) is 4. The molecule has 0 spiro atoms. The van der Waals surface area contributed by atoms with Gasteiger partial charge in [-0.25, -0.2) is 9.37 Å². The van der Waals surface area contributed by atoms with Crippen LogP contribution in [0.1, 0.15) is 0 Å². The van der Waals surface area contributed by atoms with Crippen LogP contribution in [0.4, 0.5) is 10.1 Å². The van der Waals surface area contributed by atoms with Gasteiger partial charge in [0.2, 0.25) is 5.91 Å². The number of carbonyl (C=O) groups is 1. The molecule has 1 amide bonds. The standard InChI is InChI=1S/C23H17FN2O2S/c24-18-12-7-13-19(14-18)25-20(27)15-29-23-26-21(16-8-3-1-4-9-16)22(28-23)17-10-5-2-6-11-17/h1-14H,15H2,(H,25,27). The van der Waals surface area contributed by atoms with Gasteiger partial charge < -0.3 is 9.73 Å². The van der Waals surface area contributed by atoms with E-state index in [1.54, 1.807) is 12.1 Å². The minimum absolute atomic E-state index is 0.0967. The van der Waals surface area contributed by atoms with E-state index in [1.165, 1.54) is 23.9 Å². The van der Waals surface area contributed by atoms with Crippen LogP contribution in [0.2, 0.25) is 0 Å². The highest BCUT2D eigenvalue weighted by Gasteiger charge is 2.18. The molecule has 0 radical (unpaired) electrons. The van der Waals surface area contributed by atoms with Gasteiger partial charge in [-0.1, -0.05) is 78.5 Å². The maximum Gasteiger partial charge on any atom is 0.257 e. The Morgan fingerprint density at radius 2 is 1.62 bits per heavy atom. The van der Waals surface area contributed by atoms with Crippen LogP contribution in [0.5, 0.6) is 0 Å². The second kappa shape index (κ2) is 8.75. The van der Waals surface area contributed by atoms with Gasteiger partial charge in [0.05, 0.1) is 5.75 Å². The SMILES string of the molecule is O=C(CSc1nc(-c2ccccc2)c(-c2ccccc2)o1)Nc1cccc(F)c1. The van der Waals surface area contributed by atoms with Gasteiger partial charge in [0.15, 0.2) is 5.76 Å². The van der Waals surface area contributed by atoms with Gasteiger partial charge in [0.25, 0.3) is 5.22 Å². The molecule has 0 aliphatic rings. The summed E-state index contributed by atoms with van der Waals surface area (Å²) in [6, 6.07) is 25.3. The highest BCUT2D eigenvalue weighted by molar-refractivity contribution is 7.99. The Kier molecular flexibility index (Phi) is 5.72. The van der Waals surface area contributed by atoms with Crippen LogP contribution in [0, 0.1) is 5.82 Å². The van der Waals surface area contributed by atoms with E-state index in [0.717, 1.165) is 16.8 Å². The number of benzene rings is 3. The quantitative estimate of drug-likeness (QED) is 0.408. The molecule has 1 aromatic heterocycles. The molecule has 4 nitrogen and oxygen atoms in total. The lowest BCUT2D eigenvalue weighted by molar-refractivity contribution is -0.113. The number of oxazole rings is 1. The third-order valence-electron chi connectivity index (χ3n) is 4.13. The van der Waals surface area contributed by atoms with Crippen LogP contribution in [0.3, 0.4) is 0 Å². The smallest absolute Gasteiger partial charge is 0.257 e. The van der Waals surface area contributed by atoms with Crippen molar-refractivity contribution in [1.29, 1.82) is 0 Å². The van der Waals surface area contributed by atoms with Crippen LogP contribution >= 0.6 is 11.8 Å². The second-order valence-corrected chi connectivity index (χ2v) is 7.16. The first-order valence-electron chi connectivity index (χ1n) is 8.99. The van der Waals surface area contributed by atoms with Gasteiger partial charge in [-0.3, -0.25) is 4.79 Å². The molecule has 29 heavy (non-hydrogen) atoms. The lowest BCUT2D eigenvalue weighted by atomic mass is 10.1. The van der Waals surface area contributed by atoms with Gasteiger partial charge >= 0.3 is 0 Å². The average molecular weight is 404 g/mol. The Labute approximate surface area is 171 Å². The zero-order valence-corrected chi connectivity index (χ0v) is 16.2. The van der Waals surface area contributed by atoms with Gasteiger partial charge in [0.1, 0.15) is 11.5 Å². The van der Waals surface area contributed by atoms with Crippen molar-refractivity contribution in [3.8, 4) is 22.6 Å². The molecule has 4 aromatic rings. The molecule has 3 aromatic carbocycles. The zero-order valence-electron chi connectivity index (χ0n) is 15.3. The molecule has 0 aliphatic carbocycles. The highest BCUT2D eigenvalue weighted by Crippen LogP contribution is 2.35. The predicted octanol–water partition coefficient (Wildman–Crippen LogP) is 5.88. The van der Waals surface area contributed by atoms with Gasteiger partial charge in [-0.2, -0.15) is 0 Å². The Balaban J connectivity index is 1.53. The third kappa shape index (κ3) is 4.73. The van der Waals surface area contributed by atoms with E-state index in [4.69, 9.17) is 4.42 Å². The fraction of sp³-hybridized carbons (Fsp3) is 0.0435. The Morgan fingerprint density at radius 1 is 0.931 bits per heavy atom. The van der Waals surface area contributed by atoms with Crippen LogP contribution < -0.4 is 5.32 Å². The molecule has 0 atom stereocenters. The fourth-order valence-electron chi connectivity index (χ4n) is 2.83. The summed E-state index contributed by atoms with van der Waals surface area (Å²) in [5, 5.41) is 3.07. The number of rotatable bonds is 6. The van der Waals surface area contributed by atoms with Crippen molar-refractivity contribution >= 4 is 23.4 Å². The number of nitrogens with zero attached hydrogens (tertiary/aromatic N) is 1. The number of carbonyl (C=O) groups excluding carboxylic acids is 1. The molecule has 0 saturated heterocycles. The van der Waals surface area contributed by atoms with Crippen LogP contribution in [0.25, 0.3) is 22.6 Å². The molecule has 0 bridgehead atoms. The number of halogens is 1. The summed E-state index contributed by atoms with van der Waals surface area (Å²) < 4.78 is 19.2. The molecular weight excluding hydrogens is 387 g/mol. The summed E-state index contributed by atoms with van der Waals surface area (Å²) in [6.45, 7) is 0. The van der Waals surface area contributed by atoms with Crippen LogP contribution in [-0.2, 0) is 4.79 Å². The molecule has 0 saturated carbocycles.